The van der Waals surface area contributed by atoms with Crippen LogP contribution < -0.4 is 16.0 Å². The van der Waals surface area contributed by atoms with Crippen molar-refractivity contribution in [2.45, 2.75) is 65.7 Å². The summed E-state index contributed by atoms with van der Waals surface area (Å²) in [5.41, 5.74) is 0. The van der Waals surface area contributed by atoms with E-state index in [1.54, 1.807) is 0 Å². The fourth-order valence-electron chi connectivity index (χ4n) is 2.03. The molecule has 0 heterocycles. The predicted molar refractivity (Wildman–Crippen MR) is 106 cm³/mol. The van der Waals surface area contributed by atoms with Crippen molar-refractivity contribution in [2.24, 2.45) is 4.99 Å². The summed E-state index contributed by atoms with van der Waals surface area (Å²) in [7, 11) is 0. The highest BCUT2D eigenvalue weighted by Gasteiger charge is 2.00. The third-order valence-electron chi connectivity index (χ3n) is 3.17. The molecule has 0 aromatic heterocycles. The zero-order chi connectivity index (χ0) is 15.8. The van der Waals surface area contributed by atoms with Gasteiger partial charge in [-0.25, -0.2) is 4.99 Å². The second-order valence-corrected chi connectivity index (χ2v) is 5.20. The lowest BCUT2D eigenvalue weighted by Gasteiger charge is -2.11. The maximum absolute atomic E-state index is 11.4. The average molecular weight is 426 g/mol. The molecule has 22 heavy (non-hydrogen) atoms. The molecule has 1 amide bonds. The topological polar surface area (TPSA) is 65.5 Å². The average Bonchev–Trinajstić information content (AvgIpc) is 2.47. The molecule has 0 saturated carbocycles. The molecule has 132 valence electrons. The summed E-state index contributed by atoms with van der Waals surface area (Å²) in [4.78, 5) is 15.7. The molecule has 0 aromatic carbocycles. The lowest BCUT2D eigenvalue weighted by Crippen LogP contribution is -2.39. The van der Waals surface area contributed by atoms with Crippen LogP contribution in [0.5, 0.6) is 0 Å². The van der Waals surface area contributed by atoms with Gasteiger partial charge in [-0.1, -0.05) is 45.4 Å². The molecule has 0 aromatic rings. The van der Waals surface area contributed by atoms with Crippen molar-refractivity contribution < 1.29 is 4.79 Å². The molecule has 0 bridgehead atoms. The summed E-state index contributed by atoms with van der Waals surface area (Å²) in [6.07, 6.45) is 9.09. The van der Waals surface area contributed by atoms with Gasteiger partial charge in [0, 0.05) is 19.6 Å². The van der Waals surface area contributed by atoms with Crippen LogP contribution in [0.2, 0.25) is 0 Å². The molecule has 0 spiro atoms. The number of unbranched alkanes of at least 4 members (excludes halogenated alkanes) is 6. The van der Waals surface area contributed by atoms with Crippen LogP contribution >= 0.6 is 24.0 Å². The van der Waals surface area contributed by atoms with Gasteiger partial charge in [-0.2, -0.15) is 0 Å². The third-order valence-corrected chi connectivity index (χ3v) is 3.17. The Hall–Kier alpha value is -0.530. The fourth-order valence-corrected chi connectivity index (χ4v) is 2.03. The van der Waals surface area contributed by atoms with Gasteiger partial charge in [-0.05, 0) is 20.3 Å². The summed E-state index contributed by atoms with van der Waals surface area (Å²) in [6, 6.07) is 0. The number of likely N-dealkylation sites (N-methyl/N-ethyl adjacent to an activating group) is 1. The van der Waals surface area contributed by atoms with Crippen LogP contribution in [0.25, 0.3) is 0 Å². The molecule has 0 unspecified atom stereocenters. The number of rotatable bonds is 12. The minimum Gasteiger partial charge on any atom is -0.357 e. The molecule has 0 aliphatic heterocycles. The van der Waals surface area contributed by atoms with Gasteiger partial charge >= 0.3 is 0 Å². The molecule has 5 nitrogen and oxygen atoms in total. The highest BCUT2D eigenvalue weighted by Crippen LogP contribution is 2.06. The molecule has 0 aliphatic rings. The van der Waals surface area contributed by atoms with E-state index >= 15 is 0 Å². The normalized spacial score (nSPS) is 10.8. The van der Waals surface area contributed by atoms with Gasteiger partial charge in [-0.15, -0.1) is 24.0 Å². The minimum absolute atomic E-state index is 0. The number of nitrogens with zero attached hydrogens (tertiary/aromatic N) is 1. The summed E-state index contributed by atoms with van der Waals surface area (Å²) >= 11 is 0. The van der Waals surface area contributed by atoms with Gasteiger partial charge in [0.2, 0.25) is 5.91 Å². The number of hydrogen-bond donors (Lipinski definition) is 3. The van der Waals surface area contributed by atoms with Gasteiger partial charge in [0.25, 0.3) is 0 Å². The van der Waals surface area contributed by atoms with E-state index in [0.717, 1.165) is 25.5 Å². The van der Waals surface area contributed by atoms with E-state index in [2.05, 4.69) is 27.9 Å². The first-order chi connectivity index (χ1) is 10.2. The van der Waals surface area contributed by atoms with Crippen molar-refractivity contribution in [3.8, 4) is 0 Å². The first-order valence-corrected chi connectivity index (χ1v) is 8.53. The molecular weight excluding hydrogens is 391 g/mol. The SMILES string of the molecule is CCCCCCCCCNC(=NCC(=O)NCC)NCC.I. The van der Waals surface area contributed by atoms with E-state index in [9.17, 15) is 4.79 Å². The Bertz CT molecular complexity index is 285. The molecule has 0 rings (SSSR count). The largest absolute Gasteiger partial charge is 0.357 e. The van der Waals surface area contributed by atoms with Crippen molar-refractivity contribution in [1.29, 1.82) is 0 Å². The lowest BCUT2D eigenvalue weighted by molar-refractivity contribution is -0.119. The Labute approximate surface area is 153 Å². The molecule has 3 N–H and O–H groups in total. The number of carbonyl (C=O) groups excluding carboxylic acids is 1. The first-order valence-electron chi connectivity index (χ1n) is 8.53. The number of aliphatic imine (C=N–C) groups is 1. The Morgan fingerprint density at radius 3 is 2.00 bits per heavy atom. The Kier molecular flexibility index (Phi) is 20.0. The van der Waals surface area contributed by atoms with Crippen molar-refractivity contribution in [2.75, 3.05) is 26.2 Å². The quantitative estimate of drug-likeness (QED) is 0.195. The Morgan fingerprint density at radius 2 is 1.41 bits per heavy atom. The Balaban J connectivity index is 0. The van der Waals surface area contributed by atoms with E-state index in [4.69, 9.17) is 0 Å². The van der Waals surface area contributed by atoms with Crippen LogP contribution in [0.4, 0.5) is 0 Å². The van der Waals surface area contributed by atoms with Crippen LogP contribution in [-0.4, -0.2) is 38.0 Å². The van der Waals surface area contributed by atoms with E-state index in [0.29, 0.717) is 6.54 Å². The van der Waals surface area contributed by atoms with Crippen LogP contribution in [0.3, 0.4) is 0 Å². The fraction of sp³-hybridized carbons (Fsp3) is 0.875. The lowest BCUT2D eigenvalue weighted by atomic mass is 10.1. The standard InChI is InChI=1S/C16H34N4O.HI/c1-4-7-8-9-10-11-12-13-19-16(18-6-3)20-14-15(21)17-5-2;/h4-14H2,1-3H3,(H,17,21)(H2,18,19,20);1H. The van der Waals surface area contributed by atoms with Crippen molar-refractivity contribution in [1.82, 2.24) is 16.0 Å². The number of halogens is 1. The summed E-state index contributed by atoms with van der Waals surface area (Å²) in [5, 5.41) is 9.18. The number of hydrogen-bond acceptors (Lipinski definition) is 2. The second-order valence-electron chi connectivity index (χ2n) is 5.20. The molecule has 0 radical (unpaired) electrons. The zero-order valence-corrected chi connectivity index (χ0v) is 16.9. The second kappa shape index (κ2) is 18.5. The van der Waals surface area contributed by atoms with Crippen LogP contribution in [0.1, 0.15) is 65.7 Å². The van der Waals surface area contributed by atoms with Gasteiger partial charge in [0.15, 0.2) is 5.96 Å². The molecule has 0 fully saturated rings. The van der Waals surface area contributed by atoms with Gasteiger partial charge < -0.3 is 16.0 Å². The van der Waals surface area contributed by atoms with Gasteiger partial charge in [0.1, 0.15) is 6.54 Å². The predicted octanol–water partition coefficient (Wildman–Crippen LogP) is 3.05. The molecule has 0 atom stereocenters. The zero-order valence-electron chi connectivity index (χ0n) is 14.5. The van der Waals surface area contributed by atoms with Crippen LogP contribution in [0.15, 0.2) is 4.99 Å². The minimum atomic E-state index is -0.0365. The third kappa shape index (κ3) is 15.9. The Morgan fingerprint density at radius 1 is 0.818 bits per heavy atom. The number of carbonyl (C=O) groups is 1. The van der Waals surface area contributed by atoms with Gasteiger partial charge in [0.05, 0.1) is 0 Å². The van der Waals surface area contributed by atoms with Crippen molar-refractivity contribution in [3.05, 3.63) is 0 Å². The highest BCUT2D eigenvalue weighted by molar-refractivity contribution is 14.0. The summed E-state index contributed by atoms with van der Waals surface area (Å²) in [5.74, 6) is 0.695. The van der Waals surface area contributed by atoms with Crippen LogP contribution in [0, 0.1) is 0 Å². The van der Waals surface area contributed by atoms with Crippen molar-refractivity contribution in [3.63, 3.8) is 0 Å². The smallest absolute Gasteiger partial charge is 0.241 e. The molecular formula is C16H35IN4O. The maximum atomic E-state index is 11.4. The number of nitrogens with one attached hydrogen (secondary N) is 3. The summed E-state index contributed by atoms with van der Waals surface area (Å²) < 4.78 is 0. The van der Waals surface area contributed by atoms with E-state index in [1.165, 1.54) is 38.5 Å². The number of guanidine groups is 1. The maximum Gasteiger partial charge on any atom is 0.241 e. The summed E-state index contributed by atoms with van der Waals surface area (Å²) in [6.45, 7) is 8.72. The van der Waals surface area contributed by atoms with Gasteiger partial charge in [-0.3, -0.25) is 4.79 Å². The van der Waals surface area contributed by atoms with Crippen molar-refractivity contribution >= 4 is 35.8 Å². The van der Waals surface area contributed by atoms with E-state index < -0.39 is 0 Å². The monoisotopic (exact) mass is 426 g/mol. The molecule has 0 aliphatic carbocycles. The van der Waals surface area contributed by atoms with E-state index in [1.807, 2.05) is 13.8 Å². The van der Waals surface area contributed by atoms with E-state index in [-0.39, 0.29) is 36.4 Å². The molecule has 0 saturated heterocycles. The number of amides is 1. The molecule has 6 heteroatoms. The first kappa shape index (κ1) is 23.7. The van der Waals surface area contributed by atoms with Crippen LogP contribution in [-0.2, 0) is 4.79 Å². The highest BCUT2D eigenvalue weighted by atomic mass is 127.